The number of piperidine rings is 1. The third kappa shape index (κ3) is 3.06. The SMILES string of the molecule is O=C(O)CC1CCCN(Cc2ccno2)C1. The second-order valence-electron chi connectivity index (χ2n) is 4.32. The summed E-state index contributed by atoms with van der Waals surface area (Å²) in [6.07, 6.45) is 3.98. The zero-order valence-corrected chi connectivity index (χ0v) is 9.13. The van der Waals surface area contributed by atoms with Gasteiger partial charge in [0.2, 0.25) is 0 Å². The van der Waals surface area contributed by atoms with E-state index in [0.717, 1.165) is 38.2 Å². The van der Waals surface area contributed by atoms with Gasteiger partial charge in [0, 0.05) is 19.0 Å². The summed E-state index contributed by atoms with van der Waals surface area (Å²) < 4.78 is 5.04. The number of carboxylic acid groups (broad SMARTS) is 1. The standard InChI is InChI=1S/C11H16N2O3/c14-11(15)6-9-2-1-5-13(7-9)8-10-3-4-12-16-10/h3-4,9H,1-2,5-8H2,(H,14,15). The van der Waals surface area contributed by atoms with E-state index < -0.39 is 5.97 Å². The van der Waals surface area contributed by atoms with Gasteiger partial charge in [-0.3, -0.25) is 9.69 Å². The molecule has 1 saturated heterocycles. The molecule has 0 amide bonds. The lowest BCUT2D eigenvalue weighted by Gasteiger charge is -2.31. The zero-order valence-electron chi connectivity index (χ0n) is 9.13. The first-order valence-corrected chi connectivity index (χ1v) is 5.58. The molecule has 1 aliphatic heterocycles. The fourth-order valence-electron chi connectivity index (χ4n) is 2.25. The maximum Gasteiger partial charge on any atom is 0.303 e. The van der Waals surface area contributed by atoms with E-state index in [0.29, 0.717) is 0 Å². The van der Waals surface area contributed by atoms with Crippen LogP contribution >= 0.6 is 0 Å². The Morgan fingerprint density at radius 2 is 2.56 bits per heavy atom. The molecule has 0 bridgehead atoms. The number of hydrogen-bond donors (Lipinski definition) is 1. The Morgan fingerprint density at radius 3 is 3.25 bits per heavy atom. The predicted octanol–water partition coefficient (Wildman–Crippen LogP) is 1.36. The van der Waals surface area contributed by atoms with Crippen molar-refractivity contribution in [2.45, 2.75) is 25.8 Å². The van der Waals surface area contributed by atoms with Crippen LogP contribution in [-0.2, 0) is 11.3 Å². The monoisotopic (exact) mass is 224 g/mol. The van der Waals surface area contributed by atoms with E-state index in [2.05, 4.69) is 10.1 Å². The van der Waals surface area contributed by atoms with Crippen LogP contribution < -0.4 is 0 Å². The van der Waals surface area contributed by atoms with Gasteiger partial charge in [0.05, 0.1) is 12.7 Å². The number of carbonyl (C=O) groups is 1. The van der Waals surface area contributed by atoms with Crippen LogP contribution in [0, 0.1) is 5.92 Å². The molecule has 0 aromatic carbocycles. The molecule has 0 aliphatic carbocycles. The Kier molecular flexibility index (Phi) is 3.56. The fraction of sp³-hybridized carbons (Fsp3) is 0.636. The fourth-order valence-corrected chi connectivity index (χ4v) is 2.25. The first-order valence-electron chi connectivity index (χ1n) is 5.58. The first kappa shape index (κ1) is 11.1. The Balaban J connectivity index is 1.84. The van der Waals surface area contributed by atoms with Gasteiger partial charge in [-0.25, -0.2) is 0 Å². The van der Waals surface area contributed by atoms with Gasteiger partial charge in [-0.1, -0.05) is 5.16 Å². The van der Waals surface area contributed by atoms with Gasteiger partial charge in [-0.2, -0.15) is 0 Å². The maximum absolute atomic E-state index is 10.6. The van der Waals surface area contributed by atoms with Gasteiger partial charge >= 0.3 is 5.97 Å². The van der Waals surface area contributed by atoms with Crippen LogP contribution in [0.3, 0.4) is 0 Å². The normalized spacial score (nSPS) is 22.1. The average molecular weight is 224 g/mol. The molecular formula is C11H16N2O3. The van der Waals surface area contributed by atoms with Gasteiger partial charge in [-0.05, 0) is 25.3 Å². The number of hydrogen-bond acceptors (Lipinski definition) is 4. The molecular weight excluding hydrogens is 208 g/mol. The van der Waals surface area contributed by atoms with Crippen molar-refractivity contribution in [2.75, 3.05) is 13.1 Å². The molecule has 2 heterocycles. The maximum atomic E-state index is 10.6. The van der Waals surface area contributed by atoms with Crippen LogP contribution in [0.2, 0.25) is 0 Å². The molecule has 88 valence electrons. The summed E-state index contributed by atoms with van der Waals surface area (Å²) in [5.74, 6) is 0.414. The van der Waals surface area contributed by atoms with Crippen molar-refractivity contribution in [3.05, 3.63) is 18.0 Å². The van der Waals surface area contributed by atoms with Gasteiger partial charge in [0.15, 0.2) is 5.76 Å². The highest BCUT2D eigenvalue weighted by Gasteiger charge is 2.22. The van der Waals surface area contributed by atoms with E-state index in [1.807, 2.05) is 6.07 Å². The van der Waals surface area contributed by atoms with Crippen molar-refractivity contribution < 1.29 is 14.4 Å². The Hall–Kier alpha value is -1.36. The third-order valence-electron chi connectivity index (χ3n) is 2.94. The molecule has 0 radical (unpaired) electrons. The van der Waals surface area contributed by atoms with Crippen molar-refractivity contribution in [1.29, 1.82) is 0 Å². The smallest absolute Gasteiger partial charge is 0.303 e. The lowest BCUT2D eigenvalue weighted by molar-refractivity contribution is -0.138. The number of nitrogens with zero attached hydrogens (tertiary/aromatic N) is 2. The van der Waals surface area contributed by atoms with E-state index >= 15 is 0 Å². The number of likely N-dealkylation sites (tertiary alicyclic amines) is 1. The molecule has 1 aliphatic rings. The minimum atomic E-state index is -0.702. The summed E-state index contributed by atoms with van der Waals surface area (Å²) in [4.78, 5) is 12.9. The summed E-state index contributed by atoms with van der Waals surface area (Å²) in [5.41, 5.74) is 0. The van der Waals surface area contributed by atoms with Crippen molar-refractivity contribution >= 4 is 5.97 Å². The number of aliphatic carboxylic acids is 1. The summed E-state index contributed by atoms with van der Waals surface area (Å²) in [6, 6.07) is 1.85. The van der Waals surface area contributed by atoms with Gasteiger partial charge in [-0.15, -0.1) is 0 Å². The van der Waals surface area contributed by atoms with Crippen LogP contribution in [0.4, 0.5) is 0 Å². The summed E-state index contributed by atoms with van der Waals surface area (Å²) in [7, 11) is 0. The molecule has 1 aromatic rings. The quantitative estimate of drug-likeness (QED) is 0.836. The topological polar surface area (TPSA) is 66.6 Å². The number of aromatic nitrogens is 1. The summed E-state index contributed by atoms with van der Waals surface area (Å²) >= 11 is 0. The Labute approximate surface area is 94.0 Å². The largest absolute Gasteiger partial charge is 0.481 e. The number of rotatable bonds is 4. The van der Waals surface area contributed by atoms with E-state index in [-0.39, 0.29) is 12.3 Å². The highest BCUT2D eigenvalue weighted by molar-refractivity contribution is 5.67. The van der Waals surface area contributed by atoms with Crippen LogP contribution in [0.15, 0.2) is 16.8 Å². The minimum absolute atomic E-state index is 0.271. The van der Waals surface area contributed by atoms with E-state index in [9.17, 15) is 4.79 Å². The molecule has 16 heavy (non-hydrogen) atoms. The highest BCUT2D eigenvalue weighted by Crippen LogP contribution is 2.20. The minimum Gasteiger partial charge on any atom is -0.481 e. The second-order valence-corrected chi connectivity index (χ2v) is 4.32. The first-order chi connectivity index (χ1) is 7.74. The van der Waals surface area contributed by atoms with Crippen molar-refractivity contribution in [3.63, 3.8) is 0 Å². The van der Waals surface area contributed by atoms with Crippen molar-refractivity contribution in [3.8, 4) is 0 Å². The second kappa shape index (κ2) is 5.12. The molecule has 1 N–H and O–H groups in total. The van der Waals surface area contributed by atoms with E-state index in [1.54, 1.807) is 6.20 Å². The number of carboxylic acids is 1. The third-order valence-corrected chi connectivity index (χ3v) is 2.94. The Bertz CT molecular complexity index is 337. The van der Waals surface area contributed by atoms with Crippen LogP contribution in [0.25, 0.3) is 0 Å². The van der Waals surface area contributed by atoms with Gasteiger partial charge in [0.1, 0.15) is 0 Å². The lowest BCUT2D eigenvalue weighted by atomic mass is 9.95. The molecule has 0 saturated carbocycles. The van der Waals surface area contributed by atoms with E-state index in [1.165, 1.54) is 0 Å². The average Bonchev–Trinajstić information content (AvgIpc) is 2.70. The van der Waals surface area contributed by atoms with Crippen molar-refractivity contribution in [1.82, 2.24) is 10.1 Å². The zero-order chi connectivity index (χ0) is 11.4. The summed E-state index contributed by atoms with van der Waals surface area (Å²) in [5, 5.41) is 12.4. The predicted molar refractivity (Wildman–Crippen MR) is 56.8 cm³/mol. The molecule has 2 rings (SSSR count). The molecule has 1 aromatic heterocycles. The van der Waals surface area contributed by atoms with Crippen LogP contribution in [-0.4, -0.2) is 34.2 Å². The Morgan fingerprint density at radius 1 is 1.69 bits per heavy atom. The molecule has 1 atom stereocenters. The highest BCUT2D eigenvalue weighted by atomic mass is 16.5. The van der Waals surface area contributed by atoms with Gasteiger partial charge < -0.3 is 9.63 Å². The van der Waals surface area contributed by atoms with Crippen LogP contribution in [0.1, 0.15) is 25.0 Å². The van der Waals surface area contributed by atoms with Crippen molar-refractivity contribution in [2.24, 2.45) is 5.92 Å². The molecule has 1 unspecified atom stereocenters. The molecule has 5 nitrogen and oxygen atoms in total. The molecule has 5 heteroatoms. The molecule has 1 fully saturated rings. The van der Waals surface area contributed by atoms with Gasteiger partial charge in [0.25, 0.3) is 0 Å². The van der Waals surface area contributed by atoms with E-state index in [4.69, 9.17) is 9.63 Å². The summed E-state index contributed by atoms with van der Waals surface area (Å²) in [6.45, 7) is 2.58. The molecule has 0 spiro atoms. The lowest BCUT2D eigenvalue weighted by Crippen LogP contribution is -2.35. The van der Waals surface area contributed by atoms with Crippen LogP contribution in [0.5, 0.6) is 0 Å².